The Labute approximate surface area is 100.0 Å². The maximum absolute atomic E-state index is 11.2. The van der Waals surface area contributed by atoms with Crippen molar-refractivity contribution in [3.8, 4) is 0 Å². The van der Waals surface area contributed by atoms with Gasteiger partial charge in [0.05, 0.1) is 25.7 Å². The topological polar surface area (TPSA) is 55.4 Å². The van der Waals surface area contributed by atoms with Crippen molar-refractivity contribution in [2.75, 3.05) is 6.61 Å². The highest BCUT2D eigenvalue weighted by Gasteiger charge is 2.24. The molecule has 1 aliphatic rings. The Morgan fingerprint density at radius 2 is 2.00 bits per heavy atom. The van der Waals surface area contributed by atoms with Crippen LogP contribution in [-0.4, -0.2) is 24.3 Å². The molecular formula is C13H15NO3. The van der Waals surface area contributed by atoms with Crippen LogP contribution in [0.5, 0.6) is 0 Å². The molecule has 4 nitrogen and oxygen atoms in total. The van der Waals surface area contributed by atoms with Crippen molar-refractivity contribution in [3.05, 3.63) is 35.9 Å². The van der Waals surface area contributed by atoms with Gasteiger partial charge >= 0.3 is 0 Å². The van der Waals surface area contributed by atoms with Gasteiger partial charge in [-0.15, -0.1) is 0 Å². The minimum atomic E-state index is -0.199. The molecule has 0 saturated carbocycles. The number of ketones is 1. The van der Waals surface area contributed by atoms with E-state index in [0.29, 0.717) is 19.6 Å². The van der Waals surface area contributed by atoms with E-state index in [0.717, 1.165) is 5.56 Å². The molecule has 1 atom stereocenters. The van der Waals surface area contributed by atoms with Crippen LogP contribution in [0.3, 0.4) is 0 Å². The van der Waals surface area contributed by atoms with E-state index in [9.17, 15) is 9.59 Å². The first kappa shape index (κ1) is 11.8. The fraction of sp³-hybridized carbons (Fsp3) is 0.385. The van der Waals surface area contributed by atoms with Crippen molar-refractivity contribution in [1.29, 1.82) is 0 Å². The number of Topliss-reactive ketones (excluding diaryl/α,β-unsaturated/α-hetero) is 1. The molecule has 1 aromatic carbocycles. The van der Waals surface area contributed by atoms with Gasteiger partial charge in [-0.1, -0.05) is 30.3 Å². The van der Waals surface area contributed by atoms with Crippen LogP contribution in [0.1, 0.15) is 18.4 Å². The molecule has 0 radical (unpaired) electrons. The molecule has 1 saturated heterocycles. The zero-order valence-corrected chi connectivity index (χ0v) is 9.52. The lowest BCUT2D eigenvalue weighted by Crippen LogP contribution is -2.45. The average molecular weight is 233 g/mol. The van der Waals surface area contributed by atoms with E-state index in [-0.39, 0.29) is 24.2 Å². The van der Waals surface area contributed by atoms with E-state index in [1.807, 2.05) is 30.3 Å². The number of ether oxygens (including phenoxy) is 1. The van der Waals surface area contributed by atoms with Gasteiger partial charge in [0.25, 0.3) is 0 Å². The summed E-state index contributed by atoms with van der Waals surface area (Å²) in [5, 5.41) is 2.75. The maximum Gasteiger partial charge on any atom is 0.227 e. The van der Waals surface area contributed by atoms with Crippen molar-refractivity contribution >= 4 is 11.7 Å². The van der Waals surface area contributed by atoms with E-state index in [1.54, 1.807) is 0 Å². The molecule has 2 rings (SSSR count). The lowest BCUT2D eigenvalue weighted by atomic mass is 10.0. The summed E-state index contributed by atoms with van der Waals surface area (Å²) in [6.45, 7) is 0.883. The van der Waals surface area contributed by atoms with Crippen LogP contribution in [0, 0.1) is 0 Å². The van der Waals surface area contributed by atoms with Crippen LogP contribution in [0.2, 0.25) is 0 Å². The fourth-order valence-electron chi connectivity index (χ4n) is 1.85. The second kappa shape index (κ2) is 5.59. The van der Waals surface area contributed by atoms with E-state index >= 15 is 0 Å². The van der Waals surface area contributed by atoms with Crippen molar-refractivity contribution in [3.63, 3.8) is 0 Å². The number of rotatable bonds is 4. The minimum absolute atomic E-state index is 0.00911. The number of hydrogen-bond acceptors (Lipinski definition) is 3. The highest BCUT2D eigenvalue weighted by molar-refractivity contribution is 6.00. The molecule has 1 fully saturated rings. The number of piperidine rings is 1. The third kappa shape index (κ3) is 3.67. The first-order chi connectivity index (χ1) is 8.24. The molecule has 0 bridgehead atoms. The summed E-state index contributed by atoms with van der Waals surface area (Å²) in [5.74, 6) is -0.211. The molecular weight excluding hydrogens is 218 g/mol. The molecule has 0 aromatic heterocycles. The van der Waals surface area contributed by atoms with Crippen LogP contribution >= 0.6 is 0 Å². The van der Waals surface area contributed by atoms with Crippen LogP contribution in [0.25, 0.3) is 0 Å². The third-order valence-electron chi connectivity index (χ3n) is 2.63. The van der Waals surface area contributed by atoms with Crippen LogP contribution in [-0.2, 0) is 20.9 Å². The predicted octanol–water partition coefficient (Wildman–Crippen LogP) is 1.05. The second-order valence-corrected chi connectivity index (χ2v) is 4.18. The molecule has 17 heavy (non-hydrogen) atoms. The largest absolute Gasteiger partial charge is 0.375 e. The quantitative estimate of drug-likeness (QED) is 0.791. The van der Waals surface area contributed by atoms with Crippen LogP contribution in [0.15, 0.2) is 30.3 Å². The van der Waals surface area contributed by atoms with Gasteiger partial charge in [-0.2, -0.15) is 0 Å². The summed E-state index contributed by atoms with van der Waals surface area (Å²) in [7, 11) is 0. The number of amides is 1. The Morgan fingerprint density at radius 3 is 2.71 bits per heavy atom. The van der Waals surface area contributed by atoms with Gasteiger partial charge in [-0.05, 0) is 5.56 Å². The van der Waals surface area contributed by atoms with E-state index in [4.69, 9.17) is 4.74 Å². The zero-order chi connectivity index (χ0) is 12.1. The molecule has 0 aliphatic carbocycles. The number of hydrogen-bond donors (Lipinski definition) is 1. The van der Waals surface area contributed by atoms with Crippen LogP contribution < -0.4 is 5.32 Å². The highest BCUT2D eigenvalue weighted by Crippen LogP contribution is 2.07. The Bertz CT molecular complexity index is 386. The molecule has 1 amide bonds. The molecule has 1 N–H and O–H groups in total. The average Bonchev–Trinajstić information content (AvgIpc) is 2.29. The molecule has 1 aromatic rings. The second-order valence-electron chi connectivity index (χ2n) is 4.18. The molecule has 1 aliphatic heterocycles. The lowest BCUT2D eigenvalue weighted by molar-refractivity contribution is -0.132. The first-order valence-electron chi connectivity index (χ1n) is 5.67. The monoisotopic (exact) mass is 233 g/mol. The minimum Gasteiger partial charge on any atom is -0.375 e. The van der Waals surface area contributed by atoms with Gasteiger partial charge in [-0.25, -0.2) is 0 Å². The predicted molar refractivity (Wildman–Crippen MR) is 62.3 cm³/mol. The molecule has 1 heterocycles. The van der Waals surface area contributed by atoms with Gasteiger partial charge in [-0.3, -0.25) is 9.59 Å². The molecule has 1 unspecified atom stereocenters. The fourth-order valence-corrected chi connectivity index (χ4v) is 1.85. The highest BCUT2D eigenvalue weighted by atomic mass is 16.5. The Morgan fingerprint density at radius 1 is 1.24 bits per heavy atom. The Balaban J connectivity index is 1.75. The SMILES string of the molecule is O=C1CC(=O)NC(COCc2ccccc2)C1. The molecule has 0 spiro atoms. The van der Waals surface area contributed by atoms with Crippen molar-refractivity contribution in [2.24, 2.45) is 0 Å². The summed E-state index contributed by atoms with van der Waals surface area (Å²) < 4.78 is 5.49. The summed E-state index contributed by atoms with van der Waals surface area (Å²) in [6, 6.07) is 9.63. The normalized spacial score (nSPS) is 20.1. The molecule has 4 heteroatoms. The maximum atomic E-state index is 11.2. The van der Waals surface area contributed by atoms with Gasteiger partial charge in [0, 0.05) is 6.42 Å². The van der Waals surface area contributed by atoms with Crippen LogP contribution in [0.4, 0.5) is 0 Å². The van der Waals surface area contributed by atoms with Gasteiger partial charge in [0.1, 0.15) is 5.78 Å². The smallest absolute Gasteiger partial charge is 0.227 e. The van der Waals surface area contributed by atoms with E-state index < -0.39 is 0 Å². The number of carbonyl (C=O) groups excluding carboxylic acids is 2. The number of benzene rings is 1. The Kier molecular flexibility index (Phi) is 3.88. The number of carbonyl (C=O) groups is 2. The third-order valence-corrected chi connectivity index (χ3v) is 2.63. The van der Waals surface area contributed by atoms with Crippen molar-refractivity contribution in [2.45, 2.75) is 25.5 Å². The zero-order valence-electron chi connectivity index (χ0n) is 9.52. The summed E-state index contributed by atoms with van der Waals surface area (Å²) >= 11 is 0. The van der Waals surface area contributed by atoms with Gasteiger partial charge in [0.2, 0.25) is 5.91 Å². The summed E-state index contributed by atoms with van der Waals surface area (Å²) in [4.78, 5) is 22.3. The molecule has 90 valence electrons. The van der Waals surface area contributed by atoms with Gasteiger partial charge < -0.3 is 10.1 Å². The summed E-state index contributed by atoms with van der Waals surface area (Å²) in [5.41, 5.74) is 1.08. The van der Waals surface area contributed by atoms with Crippen molar-refractivity contribution < 1.29 is 14.3 Å². The lowest BCUT2D eigenvalue weighted by Gasteiger charge is -2.22. The van der Waals surface area contributed by atoms with Crippen molar-refractivity contribution in [1.82, 2.24) is 5.32 Å². The van der Waals surface area contributed by atoms with E-state index in [2.05, 4.69) is 5.32 Å². The Hall–Kier alpha value is -1.68. The van der Waals surface area contributed by atoms with E-state index in [1.165, 1.54) is 0 Å². The van der Waals surface area contributed by atoms with Gasteiger partial charge in [0.15, 0.2) is 0 Å². The first-order valence-corrected chi connectivity index (χ1v) is 5.67. The summed E-state index contributed by atoms with van der Waals surface area (Å²) in [6.07, 6.45) is 0.385. The standard InChI is InChI=1S/C13H15NO3/c15-12-6-11(14-13(16)7-12)9-17-8-10-4-2-1-3-5-10/h1-5,11H,6-9H2,(H,14,16). The number of nitrogens with one attached hydrogen (secondary N) is 1.